The Morgan fingerprint density at radius 2 is 1.51 bits per heavy atom. The molecule has 0 atom stereocenters. The highest BCUT2D eigenvalue weighted by Gasteiger charge is 2.20. The zero-order chi connectivity index (χ0) is 25.8. The molecule has 0 aliphatic rings. The van der Waals surface area contributed by atoms with Gasteiger partial charge in [-0.3, -0.25) is 14.3 Å². The Labute approximate surface area is 205 Å². The Bertz CT molecular complexity index is 1340. The molecule has 0 bridgehead atoms. The highest BCUT2D eigenvalue weighted by Crippen LogP contribution is 2.26. The van der Waals surface area contributed by atoms with Gasteiger partial charge in [0, 0.05) is 18.3 Å². The molecular weight excluding hydrogens is 466 g/mol. The third-order valence-corrected chi connectivity index (χ3v) is 6.72. The standard InChI is InChI=1S/C26H29N3O5S/c1-26(2,3)18-11-9-17(10-12-18)24(30)28-19-7-6-8-20(15-19)29-35(32,33)21-13-14-23(34-5)22(16-21)25(31)27-4/h6-16,29H,1-5H3,(H,27,31)(H,28,30). The smallest absolute Gasteiger partial charge is 0.261 e. The Hall–Kier alpha value is -3.85. The summed E-state index contributed by atoms with van der Waals surface area (Å²) >= 11 is 0. The molecule has 3 aromatic carbocycles. The van der Waals surface area contributed by atoms with Crippen molar-refractivity contribution < 1.29 is 22.7 Å². The largest absolute Gasteiger partial charge is 0.496 e. The Morgan fingerprint density at radius 1 is 0.857 bits per heavy atom. The molecule has 0 radical (unpaired) electrons. The number of sulfonamides is 1. The van der Waals surface area contributed by atoms with Gasteiger partial charge in [0.15, 0.2) is 0 Å². The molecule has 8 nitrogen and oxygen atoms in total. The number of hydrogen-bond donors (Lipinski definition) is 3. The molecule has 0 aliphatic heterocycles. The average molecular weight is 496 g/mol. The molecular formula is C26H29N3O5S. The molecule has 0 spiro atoms. The van der Waals surface area contributed by atoms with Crippen LogP contribution in [0.5, 0.6) is 5.75 Å². The minimum Gasteiger partial charge on any atom is -0.496 e. The van der Waals surface area contributed by atoms with Crippen molar-refractivity contribution in [2.75, 3.05) is 24.2 Å². The monoisotopic (exact) mass is 495 g/mol. The van der Waals surface area contributed by atoms with E-state index in [2.05, 4.69) is 36.1 Å². The van der Waals surface area contributed by atoms with Crippen molar-refractivity contribution in [1.82, 2.24) is 5.32 Å². The number of ether oxygens (including phenoxy) is 1. The Balaban J connectivity index is 1.79. The van der Waals surface area contributed by atoms with Crippen LogP contribution in [0.2, 0.25) is 0 Å². The van der Waals surface area contributed by atoms with Gasteiger partial charge in [-0.05, 0) is 59.5 Å². The maximum Gasteiger partial charge on any atom is 0.261 e. The molecule has 0 heterocycles. The molecule has 3 aromatic rings. The van der Waals surface area contributed by atoms with Gasteiger partial charge in [-0.1, -0.05) is 39.0 Å². The highest BCUT2D eigenvalue weighted by atomic mass is 32.2. The second-order valence-corrected chi connectivity index (χ2v) is 10.6. The second-order valence-electron chi connectivity index (χ2n) is 8.91. The number of anilines is 2. The van der Waals surface area contributed by atoms with Crippen molar-refractivity contribution in [3.63, 3.8) is 0 Å². The van der Waals surface area contributed by atoms with Gasteiger partial charge < -0.3 is 15.4 Å². The fourth-order valence-corrected chi connectivity index (χ4v) is 4.44. The molecule has 0 unspecified atom stereocenters. The van der Waals surface area contributed by atoms with Crippen molar-refractivity contribution >= 4 is 33.2 Å². The van der Waals surface area contributed by atoms with E-state index in [9.17, 15) is 18.0 Å². The molecule has 0 saturated carbocycles. The van der Waals surface area contributed by atoms with Crippen LogP contribution in [0.25, 0.3) is 0 Å². The fraction of sp³-hybridized carbons (Fsp3) is 0.231. The van der Waals surface area contributed by atoms with Crippen molar-refractivity contribution in [1.29, 1.82) is 0 Å². The van der Waals surface area contributed by atoms with Crippen LogP contribution in [-0.2, 0) is 15.4 Å². The first kappa shape index (κ1) is 25.8. The molecule has 35 heavy (non-hydrogen) atoms. The lowest BCUT2D eigenvalue weighted by atomic mass is 9.87. The summed E-state index contributed by atoms with van der Waals surface area (Å²) in [5, 5.41) is 5.25. The number of nitrogens with one attached hydrogen (secondary N) is 3. The summed E-state index contributed by atoms with van der Waals surface area (Å²) in [5.74, 6) is -0.529. The van der Waals surface area contributed by atoms with Crippen LogP contribution in [0, 0.1) is 0 Å². The van der Waals surface area contributed by atoms with E-state index in [-0.39, 0.29) is 33.2 Å². The summed E-state index contributed by atoms with van der Waals surface area (Å²) < 4.78 is 33.6. The zero-order valence-corrected chi connectivity index (χ0v) is 21.1. The molecule has 0 aliphatic carbocycles. The summed E-state index contributed by atoms with van der Waals surface area (Å²) in [5.41, 5.74) is 2.36. The first-order valence-electron chi connectivity index (χ1n) is 10.9. The van der Waals surface area contributed by atoms with Crippen molar-refractivity contribution in [3.05, 3.63) is 83.4 Å². The number of benzene rings is 3. The van der Waals surface area contributed by atoms with Gasteiger partial charge in [0.05, 0.1) is 23.3 Å². The van der Waals surface area contributed by atoms with Gasteiger partial charge in [0.2, 0.25) is 0 Å². The van der Waals surface area contributed by atoms with Crippen LogP contribution in [-0.4, -0.2) is 34.4 Å². The van der Waals surface area contributed by atoms with E-state index in [0.29, 0.717) is 11.3 Å². The van der Waals surface area contributed by atoms with Crippen LogP contribution in [0.15, 0.2) is 71.6 Å². The minimum absolute atomic E-state index is 0.0223. The first-order valence-corrected chi connectivity index (χ1v) is 12.4. The molecule has 2 amide bonds. The van der Waals surface area contributed by atoms with Gasteiger partial charge in [-0.25, -0.2) is 8.42 Å². The van der Waals surface area contributed by atoms with Crippen LogP contribution >= 0.6 is 0 Å². The van der Waals surface area contributed by atoms with E-state index in [4.69, 9.17) is 4.74 Å². The van der Waals surface area contributed by atoms with E-state index < -0.39 is 15.9 Å². The molecule has 3 rings (SSSR count). The number of methoxy groups -OCH3 is 1. The molecule has 0 saturated heterocycles. The van der Waals surface area contributed by atoms with E-state index in [1.54, 1.807) is 30.3 Å². The number of carbonyl (C=O) groups is 2. The second kappa shape index (κ2) is 10.2. The van der Waals surface area contributed by atoms with Gasteiger partial charge in [0.25, 0.3) is 21.8 Å². The van der Waals surface area contributed by atoms with E-state index in [0.717, 1.165) is 5.56 Å². The third kappa shape index (κ3) is 6.19. The van der Waals surface area contributed by atoms with Crippen molar-refractivity contribution in [3.8, 4) is 5.75 Å². The van der Waals surface area contributed by atoms with Crippen molar-refractivity contribution in [2.24, 2.45) is 0 Å². The Kier molecular flexibility index (Phi) is 7.50. The summed E-state index contributed by atoms with van der Waals surface area (Å²) in [6.45, 7) is 6.29. The average Bonchev–Trinajstić information content (AvgIpc) is 2.82. The lowest BCUT2D eigenvalue weighted by Crippen LogP contribution is -2.20. The van der Waals surface area contributed by atoms with E-state index in [1.807, 2.05) is 12.1 Å². The summed E-state index contributed by atoms with van der Waals surface area (Å²) in [6.07, 6.45) is 0. The lowest BCUT2D eigenvalue weighted by molar-refractivity contribution is 0.0959. The van der Waals surface area contributed by atoms with Gasteiger partial charge in [0.1, 0.15) is 5.75 Å². The fourth-order valence-electron chi connectivity index (χ4n) is 3.37. The number of rotatable bonds is 7. The van der Waals surface area contributed by atoms with Gasteiger partial charge in [-0.2, -0.15) is 0 Å². The van der Waals surface area contributed by atoms with Gasteiger partial charge >= 0.3 is 0 Å². The van der Waals surface area contributed by atoms with Crippen LogP contribution in [0.3, 0.4) is 0 Å². The summed E-state index contributed by atoms with van der Waals surface area (Å²) in [6, 6.07) is 17.7. The molecule has 0 fully saturated rings. The first-order chi connectivity index (χ1) is 16.4. The van der Waals surface area contributed by atoms with E-state index in [1.165, 1.54) is 38.4 Å². The SMILES string of the molecule is CNC(=O)c1cc(S(=O)(=O)Nc2cccc(NC(=O)c3ccc(C(C)(C)C)cc3)c2)ccc1OC. The number of hydrogen-bond acceptors (Lipinski definition) is 5. The maximum absolute atomic E-state index is 13.0. The van der Waals surface area contributed by atoms with Crippen LogP contribution < -0.4 is 20.1 Å². The Morgan fingerprint density at radius 3 is 2.11 bits per heavy atom. The molecule has 3 N–H and O–H groups in total. The molecule has 184 valence electrons. The predicted molar refractivity (Wildman–Crippen MR) is 137 cm³/mol. The topological polar surface area (TPSA) is 114 Å². The lowest BCUT2D eigenvalue weighted by Gasteiger charge is -2.19. The van der Waals surface area contributed by atoms with Crippen LogP contribution in [0.4, 0.5) is 11.4 Å². The molecule has 0 aromatic heterocycles. The highest BCUT2D eigenvalue weighted by molar-refractivity contribution is 7.92. The quantitative estimate of drug-likeness (QED) is 0.449. The van der Waals surface area contributed by atoms with Crippen LogP contribution in [0.1, 0.15) is 47.1 Å². The summed E-state index contributed by atoms with van der Waals surface area (Å²) in [4.78, 5) is 24.7. The zero-order valence-electron chi connectivity index (χ0n) is 20.3. The maximum atomic E-state index is 13.0. The van der Waals surface area contributed by atoms with E-state index >= 15 is 0 Å². The normalized spacial score (nSPS) is 11.5. The third-order valence-electron chi connectivity index (χ3n) is 5.34. The van der Waals surface area contributed by atoms with Crippen molar-refractivity contribution in [2.45, 2.75) is 31.1 Å². The van der Waals surface area contributed by atoms with Gasteiger partial charge in [-0.15, -0.1) is 0 Å². The number of amides is 2. The molecule has 9 heteroatoms. The predicted octanol–water partition coefficient (Wildman–Crippen LogP) is 4.41. The minimum atomic E-state index is -4.02. The number of carbonyl (C=O) groups excluding carboxylic acids is 2. The summed E-state index contributed by atoms with van der Waals surface area (Å²) in [7, 11) is -1.18.